The van der Waals surface area contributed by atoms with E-state index >= 15 is 0 Å². The summed E-state index contributed by atoms with van der Waals surface area (Å²) in [5.74, 6) is 0. The van der Waals surface area contributed by atoms with Gasteiger partial charge in [0.15, 0.2) is 0 Å². The maximum absolute atomic E-state index is 8.74. The minimum absolute atomic E-state index is 0. The fourth-order valence-electron chi connectivity index (χ4n) is 0.519. The van der Waals surface area contributed by atoms with Crippen molar-refractivity contribution >= 4 is 10.4 Å². The van der Waals surface area contributed by atoms with Gasteiger partial charge in [-0.25, -0.2) is 0 Å². The van der Waals surface area contributed by atoms with Crippen LogP contribution in [-0.2, 0) is 38.0 Å². The third-order valence-corrected chi connectivity index (χ3v) is 0.935. The molecule has 1 heterocycles. The average Bonchev–Trinajstić information content (AvgIpc) is 2.03. The number of nitrogens with two attached hydrogens (primary N) is 1. The van der Waals surface area contributed by atoms with Crippen molar-refractivity contribution in [2.45, 2.75) is 6.54 Å². The summed E-state index contributed by atoms with van der Waals surface area (Å²) < 4.78 is 31.6. The molecule has 0 saturated carbocycles. The molecule has 4 N–H and O–H groups in total. The van der Waals surface area contributed by atoms with Crippen LogP contribution in [0.3, 0.4) is 0 Å². The Bertz CT molecular complexity index is 321. The fourth-order valence-corrected chi connectivity index (χ4v) is 0.519. The molecule has 1 rings (SSSR count). The van der Waals surface area contributed by atoms with E-state index in [-0.39, 0.29) is 21.1 Å². The molecule has 0 bridgehead atoms. The van der Waals surface area contributed by atoms with Crippen LogP contribution < -0.4 is 5.73 Å². The van der Waals surface area contributed by atoms with Crippen LogP contribution in [0, 0.1) is 0 Å². The summed E-state index contributed by atoms with van der Waals surface area (Å²) in [6.07, 6.45) is 1.74. The van der Waals surface area contributed by atoms with Crippen LogP contribution in [0.4, 0.5) is 0 Å². The van der Waals surface area contributed by atoms with Gasteiger partial charge in [-0.1, -0.05) is 6.07 Å². The molecule has 0 aliphatic carbocycles. The monoisotopic (exact) mass is 401 g/mol. The molecule has 8 heteroatoms. The summed E-state index contributed by atoms with van der Waals surface area (Å²) in [4.78, 5) is 3.97. The van der Waals surface area contributed by atoms with E-state index in [0.29, 0.717) is 6.54 Å². The first kappa shape index (κ1) is 16.1. The number of rotatable bonds is 1. The van der Waals surface area contributed by atoms with Gasteiger partial charge in [0, 0.05) is 33.8 Å². The molecular formula is C6H10N2O4PtS. The van der Waals surface area contributed by atoms with Crippen molar-refractivity contribution in [2.24, 2.45) is 5.73 Å². The molecular weight excluding hydrogens is 391 g/mol. The summed E-state index contributed by atoms with van der Waals surface area (Å²) in [6, 6.07) is 5.70. The average molecular weight is 401 g/mol. The second-order valence-electron chi connectivity index (χ2n) is 1.97. The predicted molar refractivity (Wildman–Crippen MR) is 46.3 cm³/mol. The standard InChI is InChI=1S/C6H8N2.H2O4S.Pt/c7-5-6-3-1-2-4-8-6;1-5(2,3)4;/h1-4H,5,7H2;(H2,1,2,3,4);. The van der Waals surface area contributed by atoms with Crippen LogP contribution in [-0.4, -0.2) is 22.5 Å². The Kier molecular flexibility index (Phi) is 9.23. The van der Waals surface area contributed by atoms with Crippen LogP contribution >= 0.6 is 0 Å². The molecule has 84 valence electrons. The van der Waals surface area contributed by atoms with Gasteiger partial charge in [0.25, 0.3) is 0 Å². The van der Waals surface area contributed by atoms with E-state index in [1.165, 1.54) is 0 Å². The summed E-state index contributed by atoms with van der Waals surface area (Å²) in [5.41, 5.74) is 6.22. The number of aromatic nitrogens is 1. The van der Waals surface area contributed by atoms with Gasteiger partial charge in [-0.2, -0.15) is 8.42 Å². The van der Waals surface area contributed by atoms with E-state index in [9.17, 15) is 0 Å². The molecule has 1 aromatic heterocycles. The number of nitrogens with zero attached hydrogens (tertiary/aromatic N) is 1. The van der Waals surface area contributed by atoms with Crippen molar-refractivity contribution in [3.8, 4) is 0 Å². The molecule has 0 atom stereocenters. The largest absolute Gasteiger partial charge is 0.394 e. The first-order chi connectivity index (χ1) is 5.93. The van der Waals surface area contributed by atoms with Gasteiger partial charge >= 0.3 is 10.4 Å². The Morgan fingerprint density at radius 3 is 2.07 bits per heavy atom. The maximum atomic E-state index is 8.74. The van der Waals surface area contributed by atoms with Gasteiger partial charge in [0.2, 0.25) is 0 Å². The number of pyridine rings is 1. The van der Waals surface area contributed by atoms with Crippen molar-refractivity contribution < 1.29 is 38.6 Å². The van der Waals surface area contributed by atoms with Crippen LogP contribution in [0.2, 0.25) is 0 Å². The summed E-state index contributed by atoms with van der Waals surface area (Å²) in [5, 5.41) is 0. The molecule has 0 spiro atoms. The van der Waals surface area contributed by atoms with Crippen molar-refractivity contribution in [1.29, 1.82) is 0 Å². The zero-order valence-electron chi connectivity index (χ0n) is 6.98. The Labute approximate surface area is 96.4 Å². The normalized spacial score (nSPS) is 9.36. The van der Waals surface area contributed by atoms with Crippen molar-refractivity contribution in [1.82, 2.24) is 4.98 Å². The molecule has 0 amide bonds. The van der Waals surface area contributed by atoms with Crippen LogP contribution in [0.25, 0.3) is 0 Å². The molecule has 6 nitrogen and oxygen atoms in total. The van der Waals surface area contributed by atoms with Crippen LogP contribution in [0.1, 0.15) is 5.69 Å². The minimum Gasteiger partial charge on any atom is -0.325 e. The van der Waals surface area contributed by atoms with Crippen molar-refractivity contribution in [3.63, 3.8) is 0 Å². The van der Waals surface area contributed by atoms with E-state index in [4.69, 9.17) is 23.3 Å². The second-order valence-corrected chi connectivity index (χ2v) is 2.87. The molecule has 14 heavy (non-hydrogen) atoms. The Balaban J connectivity index is 0. The van der Waals surface area contributed by atoms with E-state index in [2.05, 4.69) is 4.98 Å². The Morgan fingerprint density at radius 1 is 1.36 bits per heavy atom. The van der Waals surface area contributed by atoms with Gasteiger partial charge in [-0.15, -0.1) is 0 Å². The maximum Gasteiger partial charge on any atom is 0.394 e. The summed E-state index contributed by atoms with van der Waals surface area (Å²) in [7, 11) is -4.67. The SMILES string of the molecule is NCc1ccccn1.O=S(=O)(O)O.[Pt]. The predicted octanol–water partition coefficient (Wildman–Crippen LogP) is -0.115. The van der Waals surface area contributed by atoms with Crippen molar-refractivity contribution in [3.05, 3.63) is 30.1 Å². The first-order valence-corrected chi connectivity index (χ1v) is 4.63. The molecule has 0 fully saturated rings. The van der Waals surface area contributed by atoms with Crippen LogP contribution in [0.15, 0.2) is 24.4 Å². The van der Waals surface area contributed by atoms with Gasteiger partial charge in [-0.05, 0) is 12.1 Å². The molecule has 1 aromatic rings. The molecule has 0 radical (unpaired) electrons. The third-order valence-electron chi connectivity index (χ3n) is 0.935. The van der Waals surface area contributed by atoms with Gasteiger partial charge in [-0.3, -0.25) is 14.1 Å². The van der Waals surface area contributed by atoms with E-state index in [1.54, 1.807) is 6.20 Å². The number of hydrogen-bond acceptors (Lipinski definition) is 4. The van der Waals surface area contributed by atoms with E-state index < -0.39 is 10.4 Å². The topological polar surface area (TPSA) is 114 Å². The second kappa shape index (κ2) is 8.02. The van der Waals surface area contributed by atoms with Gasteiger partial charge < -0.3 is 5.73 Å². The quantitative estimate of drug-likeness (QED) is 0.566. The van der Waals surface area contributed by atoms with E-state index in [1.807, 2.05) is 18.2 Å². The Morgan fingerprint density at radius 2 is 1.86 bits per heavy atom. The minimum atomic E-state index is -4.67. The van der Waals surface area contributed by atoms with Gasteiger partial charge in [0.1, 0.15) is 0 Å². The fraction of sp³-hybridized carbons (Fsp3) is 0.167. The molecule has 0 saturated heterocycles. The smallest absolute Gasteiger partial charge is 0.325 e. The molecule has 0 unspecified atom stereocenters. The summed E-state index contributed by atoms with van der Waals surface area (Å²) in [6.45, 7) is 0.529. The van der Waals surface area contributed by atoms with E-state index in [0.717, 1.165) is 5.69 Å². The van der Waals surface area contributed by atoms with Gasteiger partial charge in [0.05, 0.1) is 5.69 Å². The zero-order valence-corrected chi connectivity index (χ0v) is 10.1. The number of hydrogen-bond donors (Lipinski definition) is 3. The molecule has 0 aliphatic rings. The molecule has 0 aromatic carbocycles. The zero-order chi connectivity index (χ0) is 10.3. The van der Waals surface area contributed by atoms with Crippen molar-refractivity contribution in [2.75, 3.05) is 0 Å². The third kappa shape index (κ3) is 14.2. The van der Waals surface area contributed by atoms with Crippen LogP contribution in [0.5, 0.6) is 0 Å². The first-order valence-electron chi connectivity index (χ1n) is 3.23. The molecule has 0 aliphatic heterocycles. The Hall–Kier alpha value is -0.332. The summed E-state index contributed by atoms with van der Waals surface area (Å²) >= 11 is 0.